The van der Waals surface area contributed by atoms with Crippen molar-refractivity contribution in [1.29, 1.82) is 0 Å². The Labute approximate surface area is 119 Å². The first kappa shape index (κ1) is 15.2. The average molecular weight is 299 g/mol. The Morgan fingerprint density at radius 2 is 1.67 bits per heavy atom. The van der Waals surface area contributed by atoms with Gasteiger partial charge in [0.1, 0.15) is 11.6 Å². The topological polar surface area (TPSA) is 12.5 Å². The van der Waals surface area contributed by atoms with E-state index < -0.39 is 12.2 Å². The van der Waals surface area contributed by atoms with E-state index in [0.717, 1.165) is 0 Å². The molecule has 0 bridgehead atoms. The summed E-state index contributed by atoms with van der Waals surface area (Å²) in [7, 11) is 3.31. The summed E-state index contributed by atoms with van der Waals surface area (Å²) in [5.41, 5.74) is 0.979. The lowest BCUT2D eigenvalue weighted by Crippen LogP contribution is -2.17. The van der Waals surface area contributed by atoms with Crippen LogP contribution in [0.5, 0.6) is 5.75 Å². The van der Waals surface area contributed by atoms with Gasteiger partial charge in [0.05, 0.1) is 5.69 Å². The number of nitrogens with zero attached hydrogens (tertiary/aromatic N) is 1. The number of halogens is 4. The van der Waals surface area contributed by atoms with Crippen molar-refractivity contribution in [3.05, 3.63) is 48.3 Å². The fourth-order valence-electron chi connectivity index (χ4n) is 1.94. The van der Waals surface area contributed by atoms with Crippen molar-refractivity contribution in [2.45, 2.75) is 6.36 Å². The molecule has 2 rings (SSSR count). The van der Waals surface area contributed by atoms with Crippen molar-refractivity contribution in [2.75, 3.05) is 19.0 Å². The fraction of sp³-hybridized carbons (Fsp3) is 0.200. The monoisotopic (exact) mass is 299 g/mol. The maximum atomic E-state index is 13.7. The zero-order valence-corrected chi connectivity index (χ0v) is 11.4. The van der Waals surface area contributed by atoms with Gasteiger partial charge in [0.15, 0.2) is 0 Å². The van der Waals surface area contributed by atoms with Crippen LogP contribution < -0.4 is 9.64 Å². The molecule has 0 saturated carbocycles. The molecule has 0 aliphatic carbocycles. The standard InChI is InChI=1S/C15H13F4NO/c1-20(2)13-9-10(7-8-12(13)16)11-5-3-4-6-14(11)21-15(17,18)19/h3-9H,1-2H3. The normalized spacial score (nSPS) is 11.3. The van der Waals surface area contributed by atoms with Gasteiger partial charge < -0.3 is 9.64 Å². The van der Waals surface area contributed by atoms with Gasteiger partial charge in [-0.25, -0.2) is 4.39 Å². The van der Waals surface area contributed by atoms with Gasteiger partial charge in [-0.1, -0.05) is 24.3 Å². The molecule has 0 spiro atoms. The summed E-state index contributed by atoms with van der Waals surface area (Å²) in [6.45, 7) is 0. The summed E-state index contributed by atoms with van der Waals surface area (Å²) in [4.78, 5) is 1.55. The molecule has 2 nitrogen and oxygen atoms in total. The van der Waals surface area contributed by atoms with E-state index in [0.29, 0.717) is 5.56 Å². The maximum Gasteiger partial charge on any atom is 0.573 e. The Balaban J connectivity index is 2.50. The van der Waals surface area contributed by atoms with Gasteiger partial charge in [-0.2, -0.15) is 0 Å². The molecule has 0 unspecified atom stereocenters. The third-order valence-electron chi connectivity index (χ3n) is 2.85. The van der Waals surface area contributed by atoms with Crippen LogP contribution in [0, 0.1) is 5.82 Å². The number of hydrogen-bond donors (Lipinski definition) is 0. The summed E-state index contributed by atoms with van der Waals surface area (Å²) in [5, 5.41) is 0. The average Bonchev–Trinajstić information content (AvgIpc) is 2.38. The van der Waals surface area contributed by atoms with E-state index in [2.05, 4.69) is 4.74 Å². The Morgan fingerprint density at radius 1 is 1.00 bits per heavy atom. The summed E-state index contributed by atoms with van der Waals surface area (Å²) in [6, 6.07) is 9.87. The lowest BCUT2D eigenvalue weighted by molar-refractivity contribution is -0.274. The molecule has 0 heterocycles. The molecule has 2 aromatic rings. The minimum atomic E-state index is -4.78. The van der Waals surface area contributed by atoms with Gasteiger partial charge in [0, 0.05) is 19.7 Å². The van der Waals surface area contributed by atoms with E-state index >= 15 is 0 Å². The minimum absolute atomic E-state index is 0.248. The van der Waals surface area contributed by atoms with Crippen LogP contribution in [0.4, 0.5) is 23.2 Å². The van der Waals surface area contributed by atoms with Crippen molar-refractivity contribution in [2.24, 2.45) is 0 Å². The van der Waals surface area contributed by atoms with Crippen LogP contribution >= 0.6 is 0 Å². The highest BCUT2D eigenvalue weighted by Gasteiger charge is 2.32. The third kappa shape index (κ3) is 3.65. The molecular formula is C15H13F4NO. The lowest BCUT2D eigenvalue weighted by Gasteiger charge is -2.17. The van der Waals surface area contributed by atoms with Crippen LogP contribution in [-0.2, 0) is 0 Å². The molecule has 0 radical (unpaired) electrons. The highest BCUT2D eigenvalue weighted by Crippen LogP contribution is 2.35. The number of ether oxygens (including phenoxy) is 1. The van der Waals surface area contributed by atoms with Gasteiger partial charge in [0.25, 0.3) is 0 Å². The van der Waals surface area contributed by atoms with E-state index in [4.69, 9.17) is 0 Å². The van der Waals surface area contributed by atoms with Crippen LogP contribution in [0.25, 0.3) is 11.1 Å². The fourth-order valence-corrected chi connectivity index (χ4v) is 1.94. The zero-order chi connectivity index (χ0) is 15.6. The van der Waals surface area contributed by atoms with Gasteiger partial charge in [-0.05, 0) is 23.8 Å². The first-order valence-corrected chi connectivity index (χ1v) is 6.10. The molecule has 0 aliphatic heterocycles. The molecule has 0 N–H and O–H groups in total. The number of rotatable bonds is 3. The second-order valence-electron chi connectivity index (χ2n) is 4.60. The molecule has 0 aromatic heterocycles. The SMILES string of the molecule is CN(C)c1cc(-c2ccccc2OC(F)(F)F)ccc1F. The Bertz CT molecular complexity index is 638. The van der Waals surface area contributed by atoms with Crippen LogP contribution in [0.3, 0.4) is 0 Å². The highest BCUT2D eigenvalue weighted by molar-refractivity contribution is 5.73. The Hall–Kier alpha value is -2.24. The molecule has 0 atom stereocenters. The summed E-state index contributed by atoms with van der Waals surface area (Å²) in [5.74, 6) is -0.765. The van der Waals surface area contributed by atoms with E-state index in [-0.39, 0.29) is 17.0 Å². The van der Waals surface area contributed by atoms with Crippen molar-refractivity contribution in [1.82, 2.24) is 0 Å². The smallest absolute Gasteiger partial charge is 0.405 e. The van der Waals surface area contributed by atoms with E-state index in [1.165, 1.54) is 36.4 Å². The molecule has 6 heteroatoms. The second-order valence-corrected chi connectivity index (χ2v) is 4.60. The molecule has 21 heavy (non-hydrogen) atoms. The van der Waals surface area contributed by atoms with Crippen LogP contribution in [-0.4, -0.2) is 20.5 Å². The molecule has 2 aromatic carbocycles. The van der Waals surface area contributed by atoms with Crippen LogP contribution in [0.1, 0.15) is 0 Å². The first-order valence-electron chi connectivity index (χ1n) is 6.10. The quantitative estimate of drug-likeness (QED) is 0.776. The molecular weight excluding hydrogens is 286 g/mol. The summed E-state index contributed by atoms with van der Waals surface area (Å²) in [6.07, 6.45) is -4.78. The van der Waals surface area contributed by atoms with Gasteiger partial charge in [-0.15, -0.1) is 13.2 Å². The second kappa shape index (κ2) is 5.63. The van der Waals surface area contributed by atoms with E-state index in [1.807, 2.05) is 0 Å². The van der Waals surface area contributed by atoms with Gasteiger partial charge >= 0.3 is 6.36 Å². The molecule has 0 fully saturated rings. The van der Waals surface area contributed by atoms with E-state index in [9.17, 15) is 17.6 Å². The number of anilines is 1. The molecule has 112 valence electrons. The predicted octanol–water partition coefficient (Wildman–Crippen LogP) is 4.46. The minimum Gasteiger partial charge on any atom is -0.405 e. The Morgan fingerprint density at radius 3 is 2.29 bits per heavy atom. The lowest BCUT2D eigenvalue weighted by atomic mass is 10.0. The van der Waals surface area contributed by atoms with Crippen molar-refractivity contribution < 1.29 is 22.3 Å². The van der Waals surface area contributed by atoms with Crippen LogP contribution in [0.2, 0.25) is 0 Å². The summed E-state index contributed by atoms with van der Waals surface area (Å²) >= 11 is 0. The number of benzene rings is 2. The van der Waals surface area contributed by atoms with Crippen molar-refractivity contribution in [3.63, 3.8) is 0 Å². The van der Waals surface area contributed by atoms with E-state index in [1.54, 1.807) is 25.1 Å². The molecule has 0 aliphatic rings. The first-order chi connectivity index (χ1) is 9.78. The number of alkyl halides is 3. The molecule has 0 amide bonds. The van der Waals surface area contributed by atoms with Crippen molar-refractivity contribution in [3.8, 4) is 16.9 Å². The molecule has 0 saturated heterocycles. The number of para-hydroxylation sites is 1. The summed E-state index contributed by atoms with van der Waals surface area (Å²) < 4.78 is 54.9. The zero-order valence-electron chi connectivity index (χ0n) is 11.4. The van der Waals surface area contributed by atoms with Gasteiger partial charge in [-0.3, -0.25) is 0 Å². The van der Waals surface area contributed by atoms with Crippen molar-refractivity contribution >= 4 is 5.69 Å². The Kier molecular flexibility index (Phi) is 4.06. The third-order valence-corrected chi connectivity index (χ3v) is 2.85. The largest absolute Gasteiger partial charge is 0.573 e. The number of hydrogen-bond acceptors (Lipinski definition) is 2. The predicted molar refractivity (Wildman–Crippen MR) is 72.8 cm³/mol. The van der Waals surface area contributed by atoms with Gasteiger partial charge in [0.2, 0.25) is 0 Å². The highest BCUT2D eigenvalue weighted by atomic mass is 19.4. The maximum absolute atomic E-state index is 13.7. The van der Waals surface area contributed by atoms with Crippen LogP contribution in [0.15, 0.2) is 42.5 Å².